The lowest BCUT2D eigenvalue weighted by molar-refractivity contribution is -0.122. The second-order valence-electron chi connectivity index (χ2n) is 6.99. The maximum Gasteiger partial charge on any atom is 0.220 e. The average molecular weight is 285 g/mol. The molecule has 2 unspecified atom stereocenters. The van der Waals surface area contributed by atoms with Gasteiger partial charge < -0.3 is 16.0 Å². The fraction of sp³-hybridized carbons (Fsp3) is 0.938. The second kappa shape index (κ2) is 10.2. The quantitative estimate of drug-likeness (QED) is 0.646. The molecule has 0 aliphatic rings. The Kier molecular flexibility index (Phi) is 9.86. The molecule has 0 bridgehead atoms. The molecule has 20 heavy (non-hydrogen) atoms. The zero-order chi connectivity index (χ0) is 15.7. The van der Waals surface area contributed by atoms with Gasteiger partial charge >= 0.3 is 0 Å². The zero-order valence-corrected chi connectivity index (χ0v) is 14.3. The van der Waals surface area contributed by atoms with Crippen LogP contribution in [0.1, 0.15) is 47.0 Å². The van der Waals surface area contributed by atoms with Gasteiger partial charge in [0.2, 0.25) is 5.91 Å². The predicted octanol–water partition coefficient (Wildman–Crippen LogP) is 2.09. The molecule has 0 aliphatic carbocycles. The van der Waals surface area contributed by atoms with E-state index in [4.69, 9.17) is 5.73 Å². The number of hydrogen-bond donors (Lipinski definition) is 2. The maximum absolute atomic E-state index is 12.0. The molecule has 0 radical (unpaired) electrons. The van der Waals surface area contributed by atoms with Crippen LogP contribution in [-0.4, -0.2) is 44.0 Å². The monoisotopic (exact) mass is 285 g/mol. The van der Waals surface area contributed by atoms with Gasteiger partial charge in [0.15, 0.2) is 0 Å². The van der Waals surface area contributed by atoms with Gasteiger partial charge in [0.1, 0.15) is 0 Å². The van der Waals surface area contributed by atoms with E-state index in [1.54, 1.807) is 0 Å². The Labute approximate surface area is 125 Å². The third-order valence-electron chi connectivity index (χ3n) is 3.62. The van der Waals surface area contributed by atoms with Crippen molar-refractivity contribution in [2.45, 2.75) is 53.0 Å². The first-order valence-electron chi connectivity index (χ1n) is 7.89. The van der Waals surface area contributed by atoms with E-state index in [9.17, 15) is 4.79 Å². The number of likely N-dealkylation sites (N-methyl/N-ethyl adjacent to an activating group) is 1. The molecule has 0 fully saturated rings. The molecule has 0 saturated carbocycles. The highest BCUT2D eigenvalue weighted by Crippen LogP contribution is 2.14. The van der Waals surface area contributed by atoms with Gasteiger partial charge in [-0.15, -0.1) is 0 Å². The summed E-state index contributed by atoms with van der Waals surface area (Å²) in [4.78, 5) is 14.2. The molecule has 0 aromatic heterocycles. The van der Waals surface area contributed by atoms with Gasteiger partial charge in [-0.25, -0.2) is 0 Å². The van der Waals surface area contributed by atoms with Crippen LogP contribution in [0.3, 0.4) is 0 Å². The lowest BCUT2D eigenvalue weighted by atomic mass is 9.94. The number of nitrogens with zero attached hydrogens (tertiary/aromatic N) is 1. The lowest BCUT2D eigenvalue weighted by Crippen LogP contribution is -2.41. The summed E-state index contributed by atoms with van der Waals surface area (Å²) in [6.45, 7) is 10.1. The van der Waals surface area contributed by atoms with Gasteiger partial charge in [-0.05, 0) is 51.2 Å². The first-order valence-corrected chi connectivity index (χ1v) is 7.89. The Morgan fingerprint density at radius 3 is 2.05 bits per heavy atom. The molecule has 4 heteroatoms. The van der Waals surface area contributed by atoms with Gasteiger partial charge in [-0.3, -0.25) is 4.79 Å². The Bertz CT molecular complexity index is 264. The van der Waals surface area contributed by atoms with E-state index in [0.717, 1.165) is 19.4 Å². The number of carbonyl (C=O) groups excluding carboxylic acids is 1. The van der Waals surface area contributed by atoms with Crippen molar-refractivity contribution < 1.29 is 4.79 Å². The fourth-order valence-corrected chi connectivity index (χ4v) is 2.52. The largest absolute Gasteiger partial charge is 0.355 e. The van der Waals surface area contributed by atoms with Crippen LogP contribution in [0.25, 0.3) is 0 Å². The van der Waals surface area contributed by atoms with Crippen LogP contribution < -0.4 is 11.1 Å². The Balaban J connectivity index is 4.17. The lowest BCUT2D eigenvalue weighted by Gasteiger charge is -2.26. The fourth-order valence-electron chi connectivity index (χ4n) is 2.52. The van der Waals surface area contributed by atoms with Crippen molar-refractivity contribution in [3.05, 3.63) is 0 Å². The highest BCUT2D eigenvalue weighted by atomic mass is 16.1. The van der Waals surface area contributed by atoms with E-state index in [0.29, 0.717) is 36.8 Å². The average Bonchev–Trinajstić information content (AvgIpc) is 2.32. The molecule has 0 aliphatic heterocycles. The van der Waals surface area contributed by atoms with Crippen LogP contribution >= 0.6 is 0 Å². The molecule has 0 aromatic rings. The smallest absolute Gasteiger partial charge is 0.220 e. The topological polar surface area (TPSA) is 58.4 Å². The third kappa shape index (κ3) is 9.32. The van der Waals surface area contributed by atoms with E-state index < -0.39 is 0 Å². The van der Waals surface area contributed by atoms with Crippen molar-refractivity contribution in [2.75, 3.05) is 27.2 Å². The molecular weight excluding hydrogens is 250 g/mol. The van der Waals surface area contributed by atoms with E-state index >= 15 is 0 Å². The second-order valence-corrected chi connectivity index (χ2v) is 6.99. The minimum absolute atomic E-state index is 0.136. The number of rotatable bonds is 10. The number of carbonyl (C=O) groups is 1. The number of nitrogens with one attached hydrogen (secondary N) is 1. The van der Waals surface area contributed by atoms with Gasteiger partial charge in [0.05, 0.1) is 0 Å². The Morgan fingerprint density at radius 1 is 1.10 bits per heavy atom. The molecular formula is C16H35N3O. The summed E-state index contributed by atoms with van der Waals surface area (Å²) in [5.74, 6) is 1.67. The standard InChI is InChI=1S/C16H35N3O/c1-12(2)7-14(10-17)9-16(20)18-11-15(19(5)6)8-13(3)4/h12-15H,7-11,17H2,1-6H3,(H,18,20). The Hall–Kier alpha value is -0.610. The van der Waals surface area contributed by atoms with Crippen LogP contribution in [0.5, 0.6) is 0 Å². The molecule has 2 atom stereocenters. The zero-order valence-electron chi connectivity index (χ0n) is 14.3. The van der Waals surface area contributed by atoms with E-state index in [-0.39, 0.29) is 5.91 Å². The predicted molar refractivity (Wildman–Crippen MR) is 86.6 cm³/mol. The molecule has 0 heterocycles. The van der Waals surface area contributed by atoms with Gasteiger partial charge in [-0.1, -0.05) is 27.7 Å². The van der Waals surface area contributed by atoms with E-state index in [1.165, 1.54) is 0 Å². The molecule has 0 rings (SSSR count). The van der Waals surface area contributed by atoms with Crippen molar-refractivity contribution in [1.29, 1.82) is 0 Å². The van der Waals surface area contributed by atoms with Gasteiger partial charge in [0.25, 0.3) is 0 Å². The van der Waals surface area contributed by atoms with Crippen molar-refractivity contribution in [3.63, 3.8) is 0 Å². The summed E-state index contributed by atoms with van der Waals surface area (Å²) in [5.41, 5.74) is 5.75. The van der Waals surface area contributed by atoms with Crippen LogP contribution in [0, 0.1) is 17.8 Å². The minimum Gasteiger partial charge on any atom is -0.355 e. The normalized spacial score (nSPS) is 14.9. The maximum atomic E-state index is 12.0. The Morgan fingerprint density at radius 2 is 1.65 bits per heavy atom. The molecule has 0 aromatic carbocycles. The molecule has 120 valence electrons. The molecule has 3 N–H and O–H groups in total. The molecule has 1 amide bonds. The first-order chi connectivity index (χ1) is 9.26. The third-order valence-corrected chi connectivity index (χ3v) is 3.62. The summed E-state index contributed by atoms with van der Waals surface area (Å²) in [5, 5.41) is 3.07. The SMILES string of the molecule is CC(C)CC(CN)CC(=O)NCC(CC(C)C)N(C)C. The first kappa shape index (κ1) is 19.4. The van der Waals surface area contributed by atoms with Crippen LogP contribution in [-0.2, 0) is 4.79 Å². The van der Waals surface area contributed by atoms with Crippen molar-refractivity contribution >= 4 is 5.91 Å². The number of amides is 1. The molecule has 0 saturated heterocycles. The van der Waals surface area contributed by atoms with Gasteiger partial charge in [-0.2, -0.15) is 0 Å². The summed E-state index contributed by atoms with van der Waals surface area (Å²) >= 11 is 0. The van der Waals surface area contributed by atoms with Crippen LogP contribution in [0.2, 0.25) is 0 Å². The summed E-state index contributed by atoms with van der Waals surface area (Å²) in [6, 6.07) is 0.403. The minimum atomic E-state index is 0.136. The number of nitrogens with two attached hydrogens (primary N) is 1. The molecule has 0 spiro atoms. The van der Waals surface area contributed by atoms with Crippen molar-refractivity contribution in [3.8, 4) is 0 Å². The van der Waals surface area contributed by atoms with E-state index in [2.05, 4.69) is 52.0 Å². The summed E-state index contributed by atoms with van der Waals surface area (Å²) < 4.78 is 0. The summed E-state index contributed by atoms with van der Waals surface area (Å²) in [7, 11) is 4.14. The number of hydrogen-bond acceptors (Lipinski definition) is 3. The molecule has 4 nitrogen and oxygen atoms in total. The highest BCUT2D eigenvalue weighted by molar-refractivity contribution is 5.76. The van der Waals surface area contributed by atoms with Crippen molar-refractivity contribution in [2.24, 2.45) is 23.5 Å². The highest BCUT2D eigenvalue weighted by Gasteiger charge is 2.17. The summed E-state index contributed by atoms with van der Waals surface area (Å²) in [6.07, 6.45) is 2.67. The van der Waals surface area contributed by atoms with Crippen LogP contribution in [0.15, 0.2) is 0 Å². The van der Waals surface area contributed by atoms with Crippen molar-refractivity contribution in [1.82, 2.24) is 10.2 Å². The van der Waals surface area contributed by atoms with Gasteiger partial charge in [0, 0.05) is 19.0 Å². The van der Waals surface area contributed by atoms with Crippen LogP contribution in [0.4, 0.5) is 0 Å². The van der Waals surface area contributed by atoms with E-state index in [1.807, 2.05) is 0 Å².